The lowest BCUT2D eigenvalue weighted by atomic mass is 10.1. The van der Waals surface area contributed by atoms with Gasteiger partial charge in [0.05, 0.1) is 12.2 Å². The molecular weight excluding hydrogens is 366 g/mol. The first-order chi connectivity index (χ1) is 14.1. The van der Waals surface area contributed by atoms with E-state index in [4.69, 9.17) is 4.74 Å². The highest BCUT2D eigenvalue weighted by molar-refractivity contribution is 5.89. The van der Waals surface area contributed by atoms with Crippen LogP contribution < -0.4 is 4.90 Å². The second kappa shape index (κ2) is 10.0. The zero-order chi connectivity index (χ0) is 20.6. The number of esters is 1. The van der Waals surface area contributed by atoms with Crippen molar-refractivity contribution in [3.8, 4) is 0 Å². The molecule has 1 aliphatic rings. The summed E-state index contributed by atoms with van der Waals surface area (Å²) in [4.78, 5) is 33.0. The summed E-state index contributed by atoms with van der Waals surface area (Å²) in [6.07, 6.45) is 3.77. The van der Waals surface area contributed by atoms with Gasteiger partial charge in [-0.25, -0.2) is 9.78 Å². The van der Waals surface area contributed by atoms with Crippen LogP contribution in [0.3, 0.4) is 0 Å². The number of hydrogen-bond acceptors (Lipinski definition) is 5. The van der Waals surface area contributed by atoms with E-state index in [1.54, 1.807) is 19.2 Å². The Bertz CT molecular complexity index is 836. The Morgan fingerprint density at radius 3 is 2.69 bits per heavy atom. The summed E-state index contributed by atoms with van der Waals surface area (Å²) in [5.74, 6) is 0.680. The van der Waals surface area contributed by atoms with Crippen molar-refractivity contribution >= 4 is 17.7 Å². The van der Waals surface area contributed by atoms with Crippen LogP contribution in [0.1, 0.15) is 41.3 Å². The maximum atomic E-state index is 12.7. The molecule has 0 atom stereocenters. The highest BCUT2D eigenvalue weighted by Crippen LogP contribution is 2.16. The third-order valence-corrected chi connectivity index (χ3v) is 5.14. The van der Waals surface area contributed by atoms with Crippen molar-refractivity contribution in [1.29, 1.82) is 0 Å². The summed E-state index contributed by atoms with van der Waals surface area (Å²) in [6, 6.07) is 11.9. The van der Waals surface area contributed by atoms with Gasteiger partial charge in [-0.3, -0.25) is 4.79 Å². The van der Waals surface area contributed by atoms with E-state index in [9.17, 15) is 9.59 Å². The number of anilines is 1. The van der Waals surface area contributed by atoms with Gasteiger partial charge in [-0.15, -0.1) is 0 Å². The topological polar surface area (TPSA) is 62.7 Å². The van der Waals surface area contributed by atoms with Crippen LogP contribution in [0.25, 0.3) is 0 Å². The average Bonchev–Trinajstić information content (AvgIpc) is 2.99. The van der Waals surface area contributed by atoms with E-state index in [-0.39, 0.29) is 11.9 Å². The number of hydrogen-bond donors (Lipinski definition) is 0. The van der Waals surface area contributed by atoms with Gasteiger partial charge in [0, 0.05) is 38.8 Å². The fourth-order valence-electron chi connectivity index (χ4n) is 3.58. The van der Waals surface area contributed by atoms with Gasteiger partial charge in [0.15, 0.2) is 0 Å². The van der Waals surface area contributed by atoms with Gasteiger partial charge in [0.2, 0.25) is 5.91 Å². The second-order valence-electron chi connectivity index (χ2n) is 7.34. The van der Waals surface area contributed by atoms with Crippen molar-refractivity contribution in [2.24, 2.45) is 0 Å². The van der Waals surface area contributed by atoms with Gasteiger partial charge in [-0.2, -0.15) is 0 Å². The molecule has 1 fully saturated rings. The Morgan fingerprint density at radius 2 is 1.97 bits per heavy atom. The molecule has 154 valence electrons. The molecule has 2 aromatic rings. The molecule has 1 aromatic carbocycles. The number of pyridine rings is 1. The van der Waals surface area contributed by atoms with Crippen molar-refractivity contribution in [1.82, 2.24) is 9.88 Å². The predicted octanol–water partition coefficient (Wildman–Crippen LogP) is 3.24. The quantitative estimate of drug-likeness (QED) is 0.703. The summed E-state index contributed by atoms with van der Waals surface area (Å²) >= 11 is 0. The van der Waals surface area contributed by atoms with E-state index in [1.165, 1.54) is 11.1 Å². The minimum atomic E-state index is -0.354. The first kappa shape index (κ1) is 20.8. The number of amides is 1. The lowest BCUT2D eigenvalue weighted by molar-refractivity contribution is -0.130. The second-order valence-corrected chi connectivity index (χ2v) is 7.34. The summed E-state index contributed by atoms with van der Waals surface area (Å²) in [5.41, 5.74) is 2.89. The van der Waals surface area contributed by atoms with Gasteiger partial charge >= 0.3 is 5.97 Å². The van der Waals surface area contributed by atoms with Gasteiger partial charge in [0.25, 0.3) is 0 Å². The highest BCUT2D eigenvalue weighted by atomic mass is 16.5. The first-order valence-electron chi connectivity index (χ1n) is 10.3. The third kappa shape index (κ3) is 5.79. The van der Waals surface area contributed by atoms with E-state index in [0.29, 0.717) is 25.1 Å². The molecule has 0 unspecified atom stereocenters. The Kier molecular flexibility index (Phi) is 7.22. The monoisotopic (exact) mass is 395 g/mol. The van der Waals surface area contributed by atoms with Crippen LogP contribution in [-0.4, -0.2) is 54.5 Å². The Morgan fingerprint density at radius 1 is 1.10 bits per heavy atom. The minimum absolute atomic E-state index is 0.207. The number of nitrogens with zero attached hydrogens (tertiary/aromatic N) is 3. The highest BCUT2D eigenvalue weighted by Gasteiger charge is 2.20. The van der Waals surface area contributed by atoms with Crippen molar-refractivity contribution < 1.29 is 14.3 Å². The normalized spacial score (nSPS) is 14.4. The average molecular weight is 396 g/mol. The molecule has 6 heteroatoms. The molecule has 1 aliphatic heterocycles. The predicted molar refractivity (Wildman–Crippen MR) is 113 cm³/mol. The third-order valence-electron chi connectivity index (χ3n) is 5.14. The molecule has 0 radical (unpaired) electrons. The molecule has 0 N–H and O–H groups in total. The van der Waals surface area contributed by atoms with E-state index < -0.39 is 0 Å². The standard InChI is InChI=1S/C23H29N3O3/c1-3-29-23(28)20-9-10-21(24-17-20)25-12-5-13-26(15-14-25)22(27)11-8-19-7-4-6-18(2)16-19/h4,6-7,9-10,16-17H,3,5,8,11-15H2,1-2H3. The number of carbonyl (C=O) groups excluding carboxylic acids is 2. The molecule has 1 saturated heterocycles. The van der Waals surface area contributed by atoms with Crippen LogP contribution in [0.2, 0.25) is 0 Å². The van der Waals surface area contributed by atoms with E-state index in [0.717, 1.165) is 38.3 Å². The van der Waals surface area contributed by atoms with Crippen LogP contribution in [-0.2, 0) is 16.0 Å². The summed E-state index contributed by atoms with van der Waals surface area (Å²) in [6.45, 7) is 7.24. The molecule has 0 aliphatic carbocycles. The van der Waals surface area contributed by atoms with Crippen molar-refractivity contribution in [3.63, 3.8) is 0 Å². The van der Waals surface area contributed by atoms with Gasteiger partial charge < -0.3 is 14.5 Å². The van der Waals surface area contributed by atoms with Gasteiger partial charge in [0.1, 0.15) is 5.82 Å². The zero-order valence-corrected chi connectivity index (χ0v) is 17.3. The van der Waals surface area contributed by atoms with Crippen LogP contribution in [0.4, 0.5) is 5.82 Å². The lowest BCUT2D eigenvalue weighted by Gasteiger charge is -2.23. The number of aromatic nitrogens is 1. The van der Waals surface area contributed by atoms with Crippen LogP contribution in [0, 0.1) is 6.92 Å². The number of carbonyl (C=O) groups is 2. The van der Waals surface area contributed by atoms with Crippen molar-refractivity contribution in [3.05, 3.63) is 59.3 Å². The molecule has 1 aromatic heterocycles. The molecule has 0 saturated carbocycles. The number of ether oxygens (including phenoxy) is 1. The molecule has 2 heterocycles. The number of aryl methyl sites for hydroxylation is 2. The molecule has 0 spiro atoms. The molecule has 3 rings (SSSR count). The van der Waals surface area contributed by atoms with Crippen LogP contribution in [0.15, 0.2) is 42.6 Å². The molecule has 0 bridgehead atoms. The van der Waals surface area contributed by atoms with Gasteiger partial charge in [-0.1, -0.05) is 29.8 Å². The smallest absolute Gasteiger partial charge is 0.339 e. The molecule has 6 nitrogen and oxygen atoms in total. The van der Waals surface area contributed by atoms with E-state index >= 15 is 0 Å². The summed E-state index contributed by atoms with van der Waals surface area (Å²) in [5, 5.41) is 0. The maximum Gasteiger partial charge on any atom is 0.339 e. The fourth-order valence-corrected chi connectivity index (χ4v) is 3.58. The van der Waals surface area contributed by atoms with Crippen LogP contribution in [0.5, 0.6) is 0 Å². The minimum Gasteiger partial charge on any atom is -0.462 e. The van der Waals surface area contributed by atoms with E-state index in [1.807, 2.05) is 17.0 Å². The molecule has 29 heavy (non-hydrogen) atoms. The lowest BCUT2D eigenvalue weighted by Crippen LogP contribution is -2.35. The Labute approximate surface area is 172 Å². The largest absolute Gasteiger partial charge is 0.462 e. The first-order valence-corrected chi connectivity index (χ1v) is 10.3. The zero-order valence-electron chi connectivity index (χ0n) is 17.3. The van der Waals surface area contributed by atoms with Crippen molar-refractivity contribution in [2.45, 2.75) is 33.1 Å². The van der Waals surface area contributed by atoms with E-state index in [2.05, 4.69) is 35.0 Å². The Hall–Kier alpha value is -2.89. The number of benzene rings is 1. The maximum absolute atomic E-state index is 12.7. The molecule has 1 amide bonds. The fraction of sp³-hybridized carbons (Fsp3) is 0.435. The molecular formula is C23H29N3O3. The summed E-state index contributed by atoms with van der Waals surface area (Å²) in [7, 11) is 0. The van der Waals surface area contributed by atoms with Crippen LogP contribution >= 0.6 is 0 Å². The summed E-state index contributed by atoms with van der Waals surface area (Å²) < 4.78 is 5.00. The number of rotatable bonds is 6. The SMILES string of the molecule is CCOC(=O)c1ccc(N2CCCN(C(=O)CCc3cccc(C)c3)CC2)nc1. The Balaban J connectivity index is 1.53. The van der Waals surface area contributed by atoms with Gasteiger partial charge in [-0.05, 0) is 44.4 Å². The van der Waals surface area contributed by atoms with Crippen molar-refractivity contribution in [2.75, 3.05) is 37.7 Å².